The van der Waals surface area contributed by atoms with Crippen LogP contribution in [-0.2, 0) is 23.5 Å². The third-order valence-electron chi connectivity index (χ3n) is 5.56. The first kappa shape index (κ1) is 22.2. The molecule has 0 N–H and O–H groups in total. The Morgan fingerprint density at radius 1 is 1.12 bits per heavy atom. The van der Waals surface area contributed by atoms with Crippen molar-refractivity contribution in [2.45, 2.75) is 77.5 Å². The van der Waals surface area contributed by atoms with Crippen molar-refractivity contribution in [3.8, 4) is 0 Å². The minimum absolute atomic E-state index is 0.0107. The highest BCUT2D eigenvalue weighted by molar-refractivity contribution is 7.03. The van der Waals surface area contributed by atoms with E-state index in [1.165, 1.54) is 7.11 Å². The Kier molecular flexibility index (Phi) is 6.62. The van der Waals surface area contributed by atoms with Crippen LogP contribution in [0, 0.1) is 11.8 Å². The summed E-state index contributed by atoms with van der Waals surface area (Å²) >= 11 is 0. The molecule has 0 aromatic heterocycles. The third kappa shape index (κ3) is 5.11. The van der Waals surface area contributed by atoms with Crippen LogP contribution in [0.15, 0.2) is 0 Å². The highest BCUT2D eigenvalue weighted by Crippen LogP contribution is 2.43. The molecule has 0 aliphatic heterocycles. The molecular weight excluding hydrogens is 352 g/mol. The Bertz CT molecular complexity index is 543. The summed E-state index contributed by atoms with van der Waals surface area (Å²) in [5, 5.41) is 0.111. The Morgan fingerprint density at radius 2 is 1.64 bits per heavy atom. The molecule has 0 spiro atoms. The van der Waals surface area contributed by atoms with Crippen molar-refractivity contribution in [1.82, 2.24) is 0 Å². The first-order valence-corrected chi connectivity index (χ1v) is 15.3. The largest absolute Gasteiger partial charge is 0.469 e. The summed E-state index contributed by atoms with van der Waals surface area (Å²) < 4.78 is 11.2. The number of Topliss-reactive ketones (excluding diaryl/α,β-unsaturated/α-hetero) is 1. The van der Waals surface area contributed by atoms with Gasteiger partial charge in [0.05, 0.1) is 19.6 Å². The van der Waals surface area contributed by atoms with Crippen molar-refractivity contribution in [3.05, 3.63) is 0 Å². The lowest BCUT2D eigenvalue weighted by molar-refractivity contribution is -0.144. The van der Waals surface area contributed by atoms with Crippen LogP contribution in [0.3, 0.4) is 0 Å². The number of ether oxygens (including phenoxy) is 1. The first-order chi connectivity index (χ1) is 11.1. The molecule has 0 bridgehead atoms. The van der Waals surface area contributed by atoms with E-state index >= 15 is 0 Å². The fourth-order valence-electron chi connectivity index (χ4n) is 2.96. The second-order valence-corrected chi connectivity index (χ2v) is 19.4. The zero-order valence-corrected chi connectivity index (χ0v) is 19.2. The minimum atomic E-state index is -2.13. The van der Waals surface area contributed by atoms with Crippen LogP contribution in [-0.4, -0.2) is 46.8 Å². The number of methoxy groups -OCH3 is 1. The van der Waals surface area contributed by atoms with E-state index in [-0.39, 0.29) is 29.1 Å². The number of rotatable bonds is 6. The Balaban J connectivity index is 3.21. The lowest BCUT2D eigenvalue weighted by Crippen LogP contribution is -2.50. The molecule has 3 unspecified atom stereocenters. The van der Waals surface area contributed by atoms with Gasteiger partial charge >= 0.3 is 5.97 Å². The molecule has 25 heavy (non-hydrogen) atoms. The molecule has 0 amide bonds. The predicted molar refractivity (Wildman–Crippen MR) is 104 cm³/mol. The van der Waals surface area contributed by atoms with Crippen molar-refractivity contribution < 1.29 is 23.5 Å². The van der Waals surface area contributed by atoms with Gasteiger partial charge < -0.3 is 14.0 Å². The smallest absolute Gasteiger partial charge is 0.306 e. The van der Waals surface area contributed by atoms with E-state index in [1.54, 1.807) is 0 Å². The summed E-state index contributed by atoms with van der Waals surface area (Å²) in [7, 11) is -2.95. The maximum atomic E-state index is 13.1. The van der Waals surface area contributed by atoms with Crippen LogP contribution in [0.5, 0.6) is 0 Å². The Hall–Kier alpha value is -0.796. The molecule has 144 valence electrons. The van der Waals surface area contributed by atoms with Gasteiger partial charge in [0.15, 0.2) is 8.32 Å². The monoisotopic (exact) mass is 386 g/mol. The van der Waals surface area contributed by atoms with Crippen LogP contribution >= 0.6 is 0 Å². The van der Waals surface area contributed by atoms with E-state index in [4.69, 9.17) is 9.16 Å². The molecule has 0 radical (unpaired) electrons. The van der Waals surface area contributed by atoms with Crippen molar-refractivity contribution in [2.75, 3.05) is 7.11 Å². The summed E-state index contributed by atoms with van der Waals surface area (Å²) in [6, 6.07) is 0. The van der Waals surface area contributed by atoms with Crippen LogP contribution in [0.1, 0.15) is 33.6 Å². The molecule has 1 saturated carbocycles. The maximum Gasteiger partial charge on any atom is 0.306 e. The first-order valence-electron chi connectivity index (χ1n) is 8.93. The normalized spacial score (nSPS) is 25.2. The molecule has 7 heteroatoms. The standard InChI is InChI=1S/C18H34O5Si2/c1-18(2,3)25(8,9)23-14-11-13(19)12(10-15(20)22-4)16(14)17(21)24(5,6)7/h12,14,16H,10-11H2,1-9H3. The quantitative estimate of drug-likeness (QED) is 0.515. The lowest BCUT2D eigenvalue weighted by Gasteiger charge is -2.40. The molecule has 1 rings (SSSR count). The van der Waals surface area contributed by atoms with E-state index in [0.29, 0.717) is 0 Å². The Labute approximate surface area is 154 Å². The number of carbonyl (C=O) groups excluding carboxylic acids is 3. The predicted octanol–water partition coefficient (Wildman–Crippen LogP) is 3.59. The highest BCUT2D eigenvalue weighted by atomic mass is 28.4. The van der Waals surface area contributed by atoms with Gasteiger partial charge in [-0.2, -0.15) is 0 Å². The van der Waals surface area contributed by atoms with Gasteiger partial charge in [0.1, 0.15) is 19.3 Å². The third-order valence-corrected chi connectivity index (χ3v) is 11.9. The van der Waals surface area contributed by atoms with Crippen LogP contribution in [0.25, 0.3) is 0 Å². The zero-order valence-electron chi connectivity index (χ0n) is 17.2. The van der Waals surface area contributed by atoms with E-state index in [0.717, 1.165) is 0 Å². The molecule has 0 aromatic carbocycles. The molecular formula is C18H34O5Si2. The highest BCUT2D eigenvalue weighted by Gasteiger charge is 2.53. The number of esters is 1. The molecule has 3 atom stereocenters. The van der Waals surface area contributed by atoms with E-state index in [1.807, 2.05) is 19.6 Å². The van der Waals surface area contributed by atoms with Gasteiger partial charge in [-0.05, 0) is 18.1 Å². The van der Waals surface area contributed by atoms with Crippen LogP contribution in [0.2, 0.25) is 37.8 Å². The minimum Gasteiger partial charge on any atom is -0.469 e. The molecule has 1 fully saturated rings. The van der Waals surface area contributed by atoms with Crippen LogP contribution in [0.4, 0.5) is 0 Å². The second-order valence-electron chi connectivity index (χ2n) is 9.61. The van der Waals surface area contributed by atoms with Gasteiger partial charge in [0, 0.05) is 18.3 Å². The van der Waals surface area contributed by atoms with Crippen LogP contribution < -0.4 is 0 Å². The molecule has 0 saturated heterocycles. The van der Waals surface area contributed by atoms with Gasteiger partial charge in [-0.25, -0.2) is 0 Å². The second kappa shape index (κ2) is 7.44. The van der Waals surface area contributed by atoms with E-state index in [9.17, 15) is 14.4 Å². The topological polar surface area (TPSA) is 69.7 Å². The average molecular weight is 387 g/mol. The van der Waals surface area contributed by atoms with Gasteiger partial charge in [0.2, 0.25) is 0 Å². The van der Waals surface area contributed by atoms with Gasteiger partial charge in [-0.1, -0.05) is 40.4 Å². The fourth-order valence-corrected chi connectivity index (χ4v) is 5.69. The zero-order chi connectivity index (χ0) is 19.8. The average Bonchev–Trinajstić information content (AvgIpc) is 2.70. The summed E-state index contributed by atoms with van der Waals surface area (Å²) in [4.78, 5) is 37.5. The number of carbonyl (C=O) groups is 3. The van der Waals surface area contributed by atoms with Gasteiger partial charge in [0.25, 0.3) is 0 Å². The van der Waals surface area contributed by atoms with Crippen molar-refractivity contribution in [2.24, 2.45) is 11.8 Å². The SMILES string of the molecule is COC(=O)CC1C(=O)CC(O[Si](C)(C)C(C)(C)C)C1C(=O)[Si](C)(C)C. The van der Waals surface area contributed by atoms with E-state index in [2.05, 4.69) is 33.9 Å². The molecule has 0 heterocycles. The van der Waals surface area contributed by atoms with Crippen molar-refractivity contribution in [3.63, 3.8) is 0 Å². The molecule has 5 nitrogen and oxygen atoms in total. The van der Waals surface area contributed by atoms with Crippen molar-refractivity contribution >= 4 is 33.6 Å². The molecule has 1 aliphatic rings. The fraction of sp³-hybridized carbons (Fsp3) is 0.833. The number of hydrogen-bond acceptors (Lipinski definition) is 5. The van der Waals surface area contributed by atoms with Crippen molar-refractivity contribution in [1.29, 1.82) is 0 Å². The molecule has 0 aromatic rings. The Morgan fingerprint density at radius 3 is 2.04 bits per heavy atom. The lowest BCUT2D eigenvalue weighted by atomic mass is 9.92. The summed E-state index contributed by atoms with van der Waals surface area (Å²) in [5.74, 6) is -1.63. The maximum absolute atomic E-state index is 13.1. The summed E-state index contributed by atoms with van der Waals surface area (Å²) in [6.45, 7) is 16.6. The number of hydrogen-bond donors (Lipinski definition) is 0. The van der Waals surface area contributed by atoms with Gasteiger partial charge in [-0.15, -0.1) is 0 Å². The molecule has 1 aliphatic carbocycles. The summed E-state index contributed by atoms with van der Waals surface area (Å²) in [6.07, 6.45) is -0.231. The number of ketones is 1. The summed E-state index contributed by atoms with van der Waals surface area (Å²) in [5.41, 5.74) is 0. The van der Waals surface area contributed by atoms with Gasteiger partial charge in [-0.3, -0.25) is 9.59 Å². The van der Waals surface area contributed by atoms with E-state index < -0.39 is 40.3 Å².